The Balaban J connectivity index is 1.78. The van der Waals surface area contributed by atoms with Gasteiger partial charge in [0.2, 0.25) is 0 Å². The number of hydrogen-bond acceptors (Lipinski definition) is 6. The van der Waals surface area contributed by atoms with Crippen molar-refractivity contribution in [3.8, 4) is 5.75 Å². The number of carbonyl (C=O) groups excluding carboxylic acids is 1. The van der Waals surface area contributed by atoms with Crippen molar-refractivity contribution in [1.29, 1.82) is 0 Å². The summed E-state index contributed by atoms with van der Waals surface area (Å²) in [4.78, 5) is 22.5. The standard InChI is InChI=1S/C22H17F3O6/c1-28-16-8-6-14(7-9-16)21(27)17(19(20(26)30-21)18-10-11-29-31-18)12-13-2-4-15(5-3-13)22(23,24)25/h2-10,27H,11-12H2,1H3. The van der Waals surface area contributed by atoms with E-state index in [1.165, 1.54) is 37.5 Å². The summed E-state index contributed by atoms with van der Waals surface area (Å²) in [7, 11) is 1.48. The first-order chi connectivity index (χ1) is 14.7. The number of ether oxygens (including phenoxy) is 2. The van der Waals surface area contributed by atoms with Crippen LogP contribution in [0, 0.1) is 0 Å². The average molecular weight is 434 g/mol. The highest BCUT2D eigenvalue weighted by Gasteiger charge is 2.49. The van der Waals surface area contributed by atoms with Gasteiger partial charge in [-0.25, -0.2) is 4.79 Å². The molecule has 0 bridgehead atoms. The number of rotatable bonds is 5. The number of cyclic esters (lactones) is 1. The first kappa shape index (κ1) is 21.0. The average Bonchev–Trinajstić information content (AvgIpc) is 3.35. The van der Waals surface area contributed by atoms with Crippen LogP contribution in [-0.2, 0) is 37.7 Å². The molecule has 0 amide bonds. The van der Waals surface area contributed by atoms with Gasteiger partial charge in [0.1, 0.15) is 17.9 Å². The molecule has 2 aromatic rings. The molecular weight excluding hydrogens is 417 g/mol. The molecule has 2 aliphatic heterocycles. The monoisotopic (exact) mass is 434 g/mol. The Bertz CT molecular complexity index is 1050. The third-order valence-corrected chi connectivity index (χ3v) is 5.03. The summed E-state index contributed by atoms with van der Waals surface area (Å²) in [5.74, 6) is -2.37. The van der Waals surface area contributed by atoms with Gasteiger partial charge in [-0.3, -0.25) is 0 Å². The van der Waals surface area contributed by atoms with Crippen LogP contribution < -0.4 is 4.74 Å². The number of halogens is 3. The highest BCUT2D eigenvalue weighted by atomic mass is 19.4. The number of hydrogen-bond donors (Lipinski definition) is 1. The van der Waals surface area contributed by atoms with Crippen molar-refractivity contribution in [2.75, 3.05) is 13.7 Å². The van der Waals surface area contributed by atoms with Crippen LogP contribution in [0.2, 0.25) is 0 Å². The summed E-state index contributed by atoms with van der Waals surface area (Å²) in [5, 5.41) is 11.4. The molecule has 0 radical (unpaired) electrons. The molecule has 0 spiro atoms. The number of alkyl halides is 3. The smallest absolute Gasteiger partial charge is 0.416 e. The van der Waals surface area contributed by atoms with E-state index < -0.39 is 23.5 Å². The van der Waals surface area contributed by atoms with E-state index in [1.807, 2.05) is 0 Å². The van der Waals surface area contributed by atoms with Gasteiger partial charge in [0.05, 0.1) is 12.7 Å². The number of benzene rings is 2. The highest BCUT2D eigenvalue weighted by Crippen LogP contribution is 2.44. The quantitative estimate of drug-likeness (QED) is 0.570. The van der Waals surface area contributed by atoms with E-state index in [1.54, 1.807) is 12.1 Å². The van der Waals surface area contributed by atoms with Gasteiger partial charge in [-0.1, -0.05) is 12.1 Å². The molecule has 31 heavy (non-hydrogen) atoms. The second-order valence-corrected chi connectivity index (χ2v) is 6.92. The molecule has 4 rings (SSSR count). The molecule has 0 aliphatic carbocycles. The number of esters is 1. The van der Waals surface area contributed by atoms with Gasteiger partial charge in [-0.15, -0.1) is 0 Å². The van der Waals surface area contributed by atoms with Crippen molar-refractivity contribution in [2.45, 2.75) is 18.4 Å². The number of methoxy groups -OCH3 is 1. The van der Waals surface area contributed by atoms with E-state index in [-0.39, 0.29) is 35.5 Å². The van der Waals surface area contributed by atoms with Crippen LogP contribution in [0.4, 0.5) is 13.2 Å². The zero-order valence-corrected chi connectivity index (χ0v) is 16.2. The van der Waals surface area contributed by atoms with Crippen LogP contribution in [0.25, 0.3) is 0 Å². The van der Waals surface area contributed by atoms with E-state index >= 15 is 0 Å². The summed E-state index contributed by atoms with van der Waals surface area (Å²) in [6.45, 7) is 0.0979. The Hall–Kier alpha value is -3.30. The molecule has 0 saturated heterocycles. The van der Waals surface area contributed by atoms with Crippen molar-refractivity contribution in [2.24, 2.45) is 0 Å². The lowest BCUT2D eigenvalue weighted by molar-refractivity contribution is -0.231. The maximum Gasteiger partial charge on any atom is 0.416 e. The molecule has 9 heteroatoms. The zero-order chi connectivity index (χ0) is 22.2. The third kappa shape index (κ3) is 3.89. The predicted octanol–water partition coefficient (Wildman–Crippen LogP) is 3.80. The normalized spacial score (nSPS) is 21.1. The largest absolute Gasteiger partial charge is 0.497 e. The van der Waals surface area contributed by atoms with Gasteiger partial charge in [-0.2, -0.15) is 18.1 Å². The summed E-state index contributed by atoms with van der Waals surface area (Å²) < 4.78 is 49.1. The van der Waals surface area contributed by atoms with Gasteiger partial charge in [0.25, 0.3) is 5.79 Å². The molecule has 1 N–H and O–H groups in total. The summed E-state index contributed by atoms with van der Waals surface area (Å²) in [5.41, 5.74) is -0.0249. The lowest BCUT2D eigenvalue weighted by atomic mass is 9.89. The third-order valence-electron chi connectivity index (χ3n) is 5.03. The van der Waals surface area contributed by atoms with Crippen LogP contribution >= 0.6 is 0 Å². The Kier molecular flexibility index (Phi) is 5.24. The summed E-state index contributed by atoms with van der Waals surface area (Å²) in [6, 6.07) is 10.7. The van der Waals surface area contributed by atoms with E-state index in [0.29, 0.717) is 11.3 Å². The molecule has 1 atom stereocenters. The minimum Gasteiger partial charge on any atom is -0.497 e. The topological polar surface area (TPSA) is 74.2 Å². The minimum absolute atomic E-state index is 0.0317. The van der Waals surface area contributed by atoms with Gasteiger partial charge in [0.15, 0.2) is 5.76 Å². The van der Waals surface area contributed by atoms with Crippen LogP contribution in [0.5, 0.6) is 5.75 Å². The maximum atomic E-state index is 12.9. The molecule has 2 heterocycles. The second kappa shape index (κ2) is 7.75. The van der Waals surface area contributed by atoms with E-state index in [9.17, 15) is 23.1 Å². The van der Waals surface area contributed by atoms with E-state index in [0.717, 1.165) is 12.1 Å². The Morgan fingerprint density at radius 3 is 2.32 bits per heavy atom. The SMILES string of the molecule is COc1ccc(C2(O)OC(=O)C(C3=CCOO3)=C2Cc2ccc(C(F)(F)F)cc2)cc1. The number of carbonyl (C=O) groups is 1. The Morgan fingerprint density at radius 2 is 1.77 bits per heavy atom. The molecular formula is C22H17F3O6. The lowest BCUT2D eigenvalue weighted by Gasteiger charge is -2.26. The lowest BCUT2D eigenvalue weighted by Crippen LogP contribution is -2.29. The fourth-order valence-corrected chi connectivity index (χ4v) is 3.45. The summed E-state index contributed by atoms with van der Waals surface area (Å²) >= 11 is 0. The molecule has 2 aromatic carbocycles. The van der Waals surface area contributed by atoms with Crippen LogP contribution in [0.15, 0.2) is 71.5 Å². The van der Waals surface area contributed by atoms with Gasteiger partial charge in [0, 0.05) is 17.6 Å². The van der Waals surface area contributed by atoms with Gasteiger partial charge in [-0.05, 0) is 48.0 Å². The van der Waals surface area contributed by atoms with Crippen molar-refractivity contribution in [1.82, 2.24) is 0 Å². The van der Waals surface area contributed by atoms with Gasteiger partial charge >= 0.3 is 12.1 Å². The van der Waals surface area contributed by atoms with Crippen LogP contribution in [0.3, 0.4) is 0 Å². The fraction of sp³-hybridized carbons (Fsp3) is 0.227. The molecule has 6 nitrogen and oxygen atoms in total. The molecule has 1 unspecified atom stereocenters. The molecule has 162 valence electrons. The highest BCUT2D eigenvalue weighted by molar-refractivity contribution is 5.97. The molecule has 0 saturated carbocycles. The molecule has 0 fully saturated rings. The minimum atomic E-state index is -4.47. The van der Waals surface area contributed by atoms with Crippen LogP contribution in [0.1, 0.15) is 16.7 Å². The predicted molar refractivity (Wildman–Crippen MR) is 100 cm³/mol. The van der Waals surface area contributed by atoms with Crippen molar-refractivity contribution in [3.63, 3.8) is 0 Å². The fourth-order valence-electron chi connectivity index (χ4n) is 3.45. The molecule has 2 aliphatic rings. The van der Waals surface area contributed by atoms with Crippen molar-refractivity contribution < 1.29 is 42.3 Å². The first-order valence-electron chi connectivity index (χ1n) is 9.22. The second-order valence-electron chi connectivity index (χ2n) is 6.92. The number of aliphatic hydroxyl groups is 1. The van der Waals surface area contributed by atoms with E-state index in [2.05, 4.69) is 0 Å². The van der Waals surface area contributed by atoms with Gasteiger partial charge < -0.3 is 19.5 Å². The van der Waals surface area contributed by atoms with E-state index in [4.69, 9.17) is 19.2 Å². The maximum absolute atomic E-state index is 12.9. The van der Waals surface area contributed by atoms with Crippen molar-refractivity contribution >= 4 is 5.97 Å². The first-order valence-corrected chi connectivity index (χ1v) is 9.22. The van der Waals surface area contributed by atoms with Crippen molar-refractivity contribution in [3.05, 3.63) is 88.2 Å². The zero-order valence-electron chi connectivity index (χ0n) is 16.2. The van der Waals surface area contributed by atoms with Crippen LogP contribution in [-0.4, -0.2) is 24.8 Å². The molecule has 0 aromatic heterocycles. The Morgan fingerprint density at radius 1 is 1.10 bits per heavy atom. The Labute approximate surface area is 175 Å². The summed E-state index contributed by atoms with van der Waals surface area (Å²) in [6.07, 6.45) is -3.04.